The molecule has 0 spiro atoms. The van der Waals surface area contributed by atoms with Crippen LogP contribution in [0.5, 0.6) is 0 Å². The van der Waals surface area contributed by atoms with Crippen LogP contribution in [-0.2, 0) is 0 Å². The number of rotatable bonds is 2. The molecular formula is C15H16FN3. The lowest BCUT2D eigenvalue weighted by molar-refractivity contribution is 0.445. The first-order chi connectivity index (χ1) is 9.34. The number of aromatic nitrogens is 2. The van der Waals surface area contributed by atoms with Gasteiger partial charge in [-0.05, 0) is 32.0 Å². The number of hydrogen-bond donors (Lipinski definition) is 1. The summed E-state index contributed by atoms with van der Waals surface area (Å²) in [5.74, 6) is 1.07. The SMILES string of the molecule is Fc1ccccc1-c1cnc(C2CCNCC2)nc1. The Morgan fingerprint density at radius 2 is 1.74 bits per heavy atom. The van der Waals surface area contributed by atoms with E-state index in [1.807, 2.05) is 6.07 Å². The van der Waals surface area contributed by atoms with Crippen molar-refractivity contribution in [2.75, 3.05) is 13.1 Å². The van der Waals surface area contributed by atoms with Crippen molar-refractivity contribution >= 4 is 0 Å². The third-order valence-corrected chi connectivity index (χ3v) is 3.56. The third kappa shape index (κ3) is 2.63. The summed E-state index contributed by atoms with van der Waals surface area (Å²) in [4.78, 5) is 8.83. The van der Waals surface area contributed by atoms with E-state index in [2.05, 4.69) is 15.3 Å². The van der Waals surface area contributed by atoms with Gasteiger partial charge in [0.2, 0.25) is 0 Å². The van der Waals surface area contributed by atoms with E-state index in [1.54, 1.807) is 24.5 Å². The van der Waals surface area contributed by atoms with Gasteiger partial charge < -0.3 is 5.32 Å². The van der Waals surface area contributed by atoms with Crippen molar-refractivity contribution in [1.29, 1.82) is 0 Å². The second-order valence-corrected chi connectivity index (χ2v) is 4.83. The Morgan fingerprint density at radius 3 is 2.42 bits per heavy atom. The van der Waals surface area contributed by atoms with Crippen molar-refractivity contribution in [2.45, 2.75) is 18.8 Å². The third-order valence-electron chi connectivity index (χ3n) is 3.56. The van der Waals surface area contributed by atoms with Gasteiger partial charge in [0.25, 0.3) is 0 Å². The van der Waals surface area contributed by atoms with Crippen LogP contribution in [-0.4, -0.2) is 23.1 Å². The highest BCUT2D eigenvalue weighted by atomic mass is 19.1. The van der Waals surface area contributed by atoms with Gasteiger partial charge in [0.05, 0.1) is 0 Å². The first-order valence-electron chi connectivity index (χ1n) is 6.62. The van der Waals surface area contributed by atoms with Crippen molar-refractivity contribution in [3.8, 4) is 11.1 Å². The fourth-order valence-electron chi connectivity index (χ4n) is 2.46. The van der Waals surface area contributed by atoms with Gasteiger partial charge in [-0.3, -0.25) is 0 Å². The summed E-state index contributed by atoms with van der Waals surface area (Å²) < 4.78 is 13.7. The minimum absolute atomic E-state index is 0.235. The van der Waals surface area contributed by atoms with Gasteiger partial charge in [-0.15, -0.1) is 0 Å². The molecule has 1 aliphatic rings. The van der Waals surface area contributed by atoms with Crippen LogP contribution >= 0.6 is 0 Å². The fourth-order valence-corrected chi connectivity index (χ4v) is 2.46. The Hall–Kier alpha value is -1.81. The summed E-state index contributed by atoms with van der Waals surface area (Å²) >= 11 is 0. The van der Waals surface area contributed by atoms with E-state index < -0.39 is 0 Å². The smallest absolute Gasteiger partial charge is 0.131 e. The van der Waals surface area contributed by atoms with Gasteiger partial charge >= 0.3 is 0 Å². The highest BCUT2D eigenvalue weighted by Gasteiger charge is 2.17. The molecule has 19 heavy (non-hydrogen) atoms. The van der Waals surface area contributed by atoms with E-state index >= 15 is 0 Å². The molecule has 0 atom stereocenters. The van der Waals surface area contributed by atoms with Crippen molar-refractivity contribution < 1.29 is 4.39 Å². The predicted molar refractivity (Wildman–Crippen MR) is 72.3 cm³/mol. The molecule has 0 bridgehead atoms. The van der Waals surface area contributed by atoms with Gasteiger partial charge in [-0.25, -0.2) is 14.4 Å². The highest BCUT2D eigenvalue weighted by molar-refractivity contribution is 5.61. The number of benzene rings is 1. The number of piperidine rings is 1. The maximum absolute atomic E-state index is 13.7. The van der Waals surface area contributed by atoms with E-state index in [4.69, 9.17) is 0 Å². The van der Waals surface area contributed by atoms with Crippen molar-refractivity contribution in [1.82, 2.24) is 15.3 Å². The number of nitrogens with zero attached hydrogens (tertiary/aromatic N) is 2. The standard InChI is InChI=1S/C15H16FN3/c16-14-4-2-1-3-13(14)12-9-18-15(19-10-12)11-5-7-17-8-6-11/h1-4,9-11,17H,5-8H2. The first-order valence-corrected chi connectivity index (χ1v) is 6.62. The average molecular weight is 257 g/mol. The zero-order chi connectivity index (χ0) is 13.1. The monoisotopic (exact) mass is 257 g/mol. The molecule has 0 saturated carbocycles. The highest BCUT2D eigenvalue weighted by Crippen LogP contribution is 2.25. The molecule has 3 nitrogen and oxygen atoms in total. The van der Waals surface area contributed by atoms with E-state index in [1.165, 1.54) is 6.07 Å². The molecule has 1 fully saturated rings. The maximum Gasteiger partial charge on any atom is 0.131 e. The van der Waals surface area contributed by atoms with Crippen molar-refractivity contribution in [3.05, 3.63) is 48.3 Å². The molecule has 1 N–H and O–H groups in total. The maximum atomic E-state index is 13.7. The average Bonchev–Trinajstić information content (AvgIpc) is 2.49. The molecule has 2 aromatic rings. The van der Waals surface area contributed by atoms with Crippen molar-refractivity contribution in [3.63, 3.8) is 0 Å². The van der Waals surface area contributed by atoms with Crippen LogP contribution < -0.4 is 5.32 Å². The summed E-state index contributed by atoms with van der Waals surface area (Å²) in [6.45, 7) is 2.03. The molecular weight excluding hydrogens is 241 g/mol. The van der Waals surface area contributed by atoms with E-state index in [9.17, 15) is 4.39 Å². The zero-order valence-electron chi connectivity index (χ0n) is 10.6. The summed E-state index contributed by atoms with van der Waals surface area (Å²) in [7, 11) is 0. The van der Waals surface area contributed by atoms with Gasteiger partial charge in [-0.1, -0.05) is 18.2 Å². The quantitative estimate of drug-likeness (QED) is 0.899. The Morgan fingerprint density at radius 1 is 1.05 bits per heavy atom. The summed E-state index contributed by atoms with van der Waals surface area (Å²) in [5, 5.41) is 3.32. The summed E-state index contributed by atoms with van der Waals surface area (Å²) in [6, 6.07) is 6.70. The lowest BCUT2D eigenvalue weighted by atomic mass is 9.97. The normalized spacial score (nSPS) is 16.5. The Labute approximate surface area is 111 Å². The van der Waals surface area contributed by atoms with Crippen LogP contribution in [0.1, 0.15) is 24.6 Å². The molecule has 3 rings (SSSR count). The van der Waals surface area contributed by atoms with Crippen LogP contribution in [0.15, 0.2) is 36.7 Å². The molecule has 4 heteroatoms. The zero-order valence-corrected chi connectivity index (χ0v) is 10.6. The predicted octanol–water partition coefficient (Wildman–Crippen LogP) is 2.75. The topological polar surface area (TPSA) is 37.8 Å². The molecule has 0 radical (unpaired) electrons. The van der Waals surface area contributed by atoms with Crippen LogP contribution in [0, 0.1) is 5.82 Å². The minimum Gasteiger partial charge on any atom is -0.317 e. The van der Waals surface area contributed by atoms with E-state index in [0.717, 1.165) is 37.3 Å². The molecule has 0 unspecified atom stereocenters. The van der Waals surface area contributed by atoms with Crippen LogP contribution in [0.3, 0.4) is 0 Å². The lowest BCUT2D eigenvalue weighted by Crippen LogP contribution is -2.27. The fraction of sp³-hybridized carbons (Fsp3) is 0.333. The number of hydrogen-bond acceptors (Lipinski definition) is 3. The van der Waals surface area contributed by atoms with Gasteiger partial charge in [-0.2, -0.15) is 0 Å². The molecule has 1 aromatic carbocycles. The molecule has 1 aromatic heterocycles. The molecule has 2 heterocycles. The molecule has 1 saturated heterocycles. The van der Waals surface area contributed by atoms with Crippen LogP contribution in [0.2, 0.25) is 0 Å². The van der Waals surface area contributed by atoms with E-state index in [0.29, 0.717) is 11.5 Å². The van der Waals surface area contributed by atoms with E-state index in [-0.39, 0.29) is 5.82 Å². The summed E-state index contributed by atoms with van der Waals surface area (Å²) in [5.41, 5.74) is 1.29. The number of halogens is 1. The lowest BCUT2D eigenvalue weighted by Gasteiger charge is -2.21. The van der Waals surface area contributed by atoms with Crippen LogP contribution in [0.4, 0.5) is 4.39 Å². The number of nitrogens with one attached hydrogen (secondary N) is 1. The minimum atomic E-state index is -0.235. The largest absolute Gasteiger partial charge is 0.317 e. The molecule has 1 aliphatic heterocycles. The van der Waals surface area contributed by atoms with Crippen LogP contribution in [0.25, 0.3) is 11.1 Å². The van der Waals surface area contributed by atoms with Gasteiger partial charge in [0.15, 0.2) is 0 Å². The Kier molecular flexibility index (Phi) is 3.51. The van der Waals surface area contributed by atoms with Gasteiger partial charge in [0.1, 0.15) is 11.6 Å². The second-order valence-electron chi connectivity index (χ2n) is 4.83. The summed E-state index contributed by atoms with van der Waals surface area (Å²) in [6.07, 6.45) is 5.59. The van der Waals surface area contributed by atoms with Gasteiger partial charge in [0, 0.05) is 29.4 Å². The Balaban J connectivity index is 1.84. The van der Waals surface area contributed by atoms with Crippen molar-refractivity contribution in [2.24, 2.45) is 0 Å². The molecule has 98 valence electrons. The first kappa shape index (κ1) is 12.2. The second kappa shape index (κ2) is 5.45. The molecule has 0 aliphatic carbocycles. The molecule has 0 amide bonds. The Bertz CT molecular complexity index is 548.